The maximum absolute atomic E-state index is 13.8. The second-order valence-electron chi connectivity index (χ2n) is 9.45. The molecule has 1 amide bonds. The second kappa shape index (κ2) is 11.9. The van der Waals surface area contributed by atoms with Crippen molar-refractivity contribution in [2.45, 2.75) is 20.4 Å². The smallest absolute Gasteiger partial charge is 0.246 e. The number of ether oxygens (including phenoxy) is 1. The van der Waals surface area contributed by atoms with Gasteiger partial charge in [0.15, 0.2) is 11.6 Å². The summed E-state index contributed by atoms with van der Waals surface area (Å²) in [5, 5.41) is 23.0. The SMILES string of the molecule is CC(C)(CO)CNCCOc1ccc2c(Nc3cnn(CC(=O)Nc4cccc(F)c4F)c3)ncnc2c1. The highest BCUT2D eigenvalue weighted by Gasteiger charge is 2.15. The number of rotatable bonds is 12. The number of aliphatic hydroxyl groups excluding tert-OH is 1. The van der Waals surface area contributed by atoms with Crippen LogP contribution in [0, 0.1) is 17.0 Å². The maximum Gasteiger partial charge on any atom is 0.246 e. The summed E-state index contributed by atoms with van der Waals surface area (Å²) < 4.78 is 34.3. The zero-order valence-corrected chi connectivity index (χ0v) is 21.0. The Kier molecular flexibility index (Phi) is 8.44. The van der Waals surface area contributed by atoms with Crippen molar-refractivity contribution in [3.63, 3.8) is 0 Å². The quantitative estimate of drug-likeness (QED) is 0.207. The van der Waals surface area contributed by atoms with Crippen LogP contribution in [0.4, 0.5) is 26.0 Å². The van der Waals surface area contributed by atoms with E-state index in [0.717, 1.165) is 11.5 Å². The Morgan fingerprint density at radius 3 is 2.84 bits per heavy atom. The van der Waals surface area contributed by atoms with Crippen molar-refractivity contribution in [2.75, 3.05) is 36.9 Å². The molecule has 0 radical (unpaired) electrons. The van der Waals surface area contributed by atoms with Gasteiger partial charge in [-0.05, 0) is 24.3 Å². The molecule has 0 aliphatic carbocycles. The van der Waals surface area contributed by atoms with E-state index in [9.17, 15) is 18.7 Å². The molecule has 0 saturated carbocycles. The van der Waals surface area contributed by atoms with E-state index in [4.69, 9.17) is 4.74 Å². The summed E-state index contributed by atoms with van der Waals surface area (Å²) in [5.74, 6) is -1.51. The molecule has 0 spiro atoms. The van der Waals surface area contributed by atoms with E-state index < -0.39 is 17.5 Å². The average molecular weight is 526 g/mol. The Bertz CT molecular complexity index is 1410. The maximum atomic E-state index is 13.8. The highest BCUT2D eigenvalue weighted by Crippen LogP contribution is 2.26. The van der Waals surface area contributed by atoms with Crippen molar-refractivity contribution < 1.29 is 23.4 Å². The number of aromatic nitrogens is 4. The van der Waals surface area contributed by atoms with Gasteiger partial charge in [0.05, 0.1) is 23.1 Å². The third-order valence-corrected chi connectivity index (χ3v) is 5.61. The van der Waals surface area contributed by atoms with Crippen LogP contribution in [0.3, 0.4) is 0 Å². The van der Waals surface area contributed by atoms with Crippen molar-refractivity contribution in [3.05, 3.63) is 66.8 Å². The van der Waals surface area contributed by atoms with E-state index in [2.05, 4.69) is 31.0 Å². The first kappa shape index (κ1) is 26.9. The monoisotopic (exact) mass is 525 g/mol. The normalized spacial score (nSPS) is 11.5. The average Bonchev–Trinajstić information content (AvgIpc) is 3.33. The first-order chi connectivity index (χ1) is 18.2. The van der Waals surface area contributed by atoms with Gasteiger partial charge in [-0.25, -0.2) is 18.7 Å². The fraction of sp³-hybridized carbons (Fsp3) is 0.308. The van der Waals surface area contributed by atoms with E-state index in [1.165, 1.54) is 29.3 Å². The molecule has 0 aliphatic rings. The molecule has 200 valence electrons. The van der Waals surface area contributed by atoms with E-state index >= 15 is 0 Å². The number of hydrogen-bond acceptors (Lipinski definition) is 8. The molecule has 2 aromatic heterocycles. The minimum atomic E-state index is -1.12. The van der Waals surface area contributed by atoms with Crippen LogP contribution in [0.2, 0.25) is 0 Å². The van der Waals surface area contributed by atoms with Crippen molar-refractivity contribution in [2.24, 2.45) is 5.41 Å². The summed E-state index contributed by atoms with van der Waals surface area (Å²) in [7, 11) is 0. The lowest BCUT2D eigenvalue weighted by atomic mass is 9.95. The second-order valence-corrected chi connectivity index (χ2v) is 9.45. The first-order valence-electron chi connectivity index (χ1n) is 12.0. The summed E-state index contributed by atoms with van der Waals surface area (Å²) in [5.41, 5.74) is 0.831. The summed E-state index contributed by atoms with van der Waals surface area (Å²) in [6.07, 6.45) is 4.54. The van der Waals surface area contributed by atoms with Crippen molar-refractivity contribution in [1.29, 1.82) is 0 Å². The van der Waals surface area contributed by atoms with Crippen LogP contribution in [0.15, 0.2) is 55.1 Å². The predicted molar refractivity (Wildman–Crippen MR) is 139 cm³/mol. The summed E-state index contributed by atoms with van der Waals surface area (Å²) in [6, 6.07) is 9.05. The van der Waals surface area contributed by atoms with E-state index in [1.807, 2.05) is 32.0 Å². The Hall–Kier alpha value is -4.16. The number of halogens is 2. The molecular formula is C26H29F2N7O3. The highest BCUT2D eigenvalue weighted by molar-refractivity contribution is 5.92. The molecule has 0 aliphatic heterocycles. The van der Waals surface area contributed by atoms with Crippen LogP contribution in [0.1, 0.15) is 13.8 Å². The van der Waals surface area contributed by atoms with Crippen molar-refractivity contribution in [3.8, 4) is 5.75 Å². The van der Waals surface area contributed by atoms with Crippen LogP contribution in [0.25, 0.3) is 10.9 Å². The molecule has 10 nitrogen and oxygen atoms in total. The zero-order valence-electron chi connectivity index (χ0n) is 21.0. The molecule has 0 fully saturated rings. The number of carbonyl (C=O) groups is 1. The molecule has 2 heterocycles. The number of hydrogen-bond donors (Lipinski definition) is 4. The van der Waals surface area contributed by atoms with Gasteiger partial charge in [-0.2, -0.15) is 5.10 Å². The van der Waals surface area contributed by atoms with Gasteiger partial charge in [0, 0.05) is 42.8 Å². The molecule has 0 saturated heterocycles. The third-order valence-electron chi connectivity index (χ3n) is 5.61. The molecule has 12 heteroatoms. The number of nitrogens with zero attached hydrogens (tertiary/aromatic N) is 4. The van der Waals surface area contributed by atoms with E-state index in [0.29, 0.717) is 42.5 Å². The molecule has 0 unspecified atom stereocenters. The summed E-state index contributed by atoms with van der Waals surface area (Å²) >= 11 is 0. The number of benzene rings is 2. The minimum absolute atomic E-state index is 0.107. The van der Waals surface area contributed by atoms with Crippen molar-refractivity contribution >= 4 is 34.0 Å². The van der Waals surface area contributed by atoms with Gasteiger partial charge in [-0.1, -0.05) is 19.9 Å². The lowest BCUT2D eigenvalue weighted by Gasteiger charge is -2.21. The number of fused-ring (bicyclic) bond motifs is 1. The van der Waals surface area contributed by atoms with Crippen LogP contribution < -0.4 is 20.7 Å². The molecular weight excluding hydrogens is 496 g/mol. The number of amides is 1. The van der Waals surface area contributed by atoms with Crippen LogP contribution in [-0.4, -0.2) is 57.1 Å². The number of aliphatic hydroxyl groups is 1. The predicted octanol–water partition coefficient (Wildman–Crippen LogP) is 3.47. The molecule has 0 atom stereocenters. The largest absolute Gasteiger partial charge is 0.492 e. The zero-order chi connectivity index (χ0) is 27.1. The highest BCUT2D eigenvalue weighted by atomic mass is 19.2. The summed E-state index contributed by atoms with van der Waals surface area (Å²) in [6.45, 7) is 5.65. The Balaban J connectivity index is 1.34. The molecule has 2 aromatic carbocycles. The van der Waals surface area contributed by atoms with E-state index in [1.54, 1.807) is 6.20 Å². The lowest BCUT2D eigenvalue weighted by molar-refractivity contribution is -0.116. The van der Waals surface area contributed by atoms with Gasteiger partial charge >= 0.3 is 0 Å². The Morgan fingerprint density at radius 1 is 1.18 bits per heavy atom. The van der Waals surface area contributed by atoms with Gasteiger partial charge in [0.25, 0.3) is 0 Å². The van der Waals surface area contributed by atoms with Gasteiger partial charge in [-0.3, -0.25) is 9.48 Å². The Morgan fingerprint density at radius 2 is 2.03 bits per heavy atom. The van der Waals surface area contributed by atoms with Crippen molar-refractivity contribution in [1.82, 2.24) is 25.1 Å². The van der Waals surface area contributed by atoms with Gasteiger partial charge in [0.2, 0.25) is 5.91 Å². The molecule has 4 rings (SSSR count). The third kappa shape index (κ3) is 6.99. The Labute approximate surface area is 218 Å². The number of nitrogens with one attached hydrogen (secondary N) is 3. The van der Waals surface area contributed by atoms with Crippen LogP contribution in [0.5, 0.6) is 5.75 Å². The topological polar surface area (TPSA) is 126 Å². The molecule has 38 heavy (non-hydrogen) atoms. The van der Waals surface area contributed by atoms with Gasteiger partial charge in [-0.15, -0.1) is 0 Å². The number of anilines is 3. The molecule has 4 N–H and O–H groups in total. The summed E-state index contributed by atoms with van der Waals surface area (Å²) in [4.78, 5) is 20.9. The van der Waals surface area contributed by atoms with E-state index in [-0.39, 0.29) is 24.3 Å². The molecule has 4 aromatic rings. The number of carbonyl (C=O) groups excluding carboxylic acids is 1. The fourth-order valence-corrected chi connectivity index (χ4v) is 3.54. The van der Waals surface area contributed by atoms with Crippen LogP contribution in [-0.2, 0) is 11.3 Å². The fourth-order valence-electron chi connectivity index (χ4n) is 3.54. The molecule has 0 bridgehead atoms. The minimum Gasteiger partial charge on any atom is -0.492 e. The van der Waals surface area contributed by atoms with Gasteiger partial charge in [0.1, 0.15) is 31.0 Å². The lowest BCUT2D eigenvalue weighted by Crippen LogP contribution is -2.34. The first-order valence-corrected chi connectivity index (χ1v) is 12.0. The van der Waals surface area contributed by atoms with Crippen LogP contribution >= 0.6 is 0 Å². The van der Waals surface area contributed by atoms with Gasteiger partial charge < -0.3 is 25.8 Å². The standard InChI is InChI=1S/C26H29F2N7O3/c1-26(2,15-36)14-29-8-9-38-18-6-7-19-22(10-18)30-16-31-25(19)33-17-11-32-35(12-17)13-23(37)34-21-5-3-4-20(27)24(21)28/h3-7,10-12,16,29,36H,8-9,13-15H2,1-2H3,(H,34,37)(H,30,31,33).